The number of rotatable bonds is 4. The Hall–Kier alpha value is -2.80. The number of aryl methyl sites for hydroxylation is 2. The second-order valence-electron chi connectivity index (χ2n) is 5.82. The number of fused-ring (bicyclic) bond motifs is 1. The van der Waals surface area contributed by atoms with Crippen molar-refractivity contribution < 1.29 is 4.79 Å². The van der Waals surface area contributed by atoms with Crippen molar-refractivity contribution in [3.63, 3.8) is 0 Å². The van der Waals surface area contributed by atoms with Crippen molar-refractivity contribution in [1.29, 1.82) is 0 Å². The molecule has 0 fully saturated rings. The molecule has 0 radical (unpaired) electrons. The molecule has 0 aliphatic carbocycles. The highest BCUT2D eigenvalue weighted by atomic mass is 32.1. The highest BCUT2D eigenvalue weighted by Crippen LogP contribution is 2.19. The summed E-state index contributed by atoms with van der Waals surface area (Å²) in [5.41, 5.74) is 2.66. The van der Waals surface area contributed by atoms with Crippen LogP contribution in [0.1, 0.15) is 35.0 Å². The first kappa shape index (κ1) is 18.0. The lowest BCUT2D eigenvalue weighted by atomic mass is 10.1. The second-order valence-corrected chi connectivity index (χ2v) is 6.92. The van der Waals surface area contributed by atoms with E-state index >= 15 is 0 Å². The molecule has 0 aliphatic heterocycles. The number of aromatic nitrogens is 5. The van der Waals surface area contributed by atoms with Crippen LogP contribution >= 0.6 is 11.3 Å². The molecule has 0 bridgehead atoms. The number of ketones is 1. The topological polar surface area (TPSA) is 65.6 Å². The number of hydrogen-bond donors (Lipinski definition) is 0. The standard InChI is InChI=1S/C15H16N4O.C4H5NS/c1-3-19-14-8-12(11(2)20)4-5-13(14)17-15(19)9-18-7-6-16-10-18;1-4-5-2-3-6-4/h4-8,10H,3,9H2,1-2H3;2-3H,1H3. The van der Waals surface area contributed by atoms with Crippen LogP contribution in [0.25, 0.3) is 11.0 Å². The first-order valence-electron chi connectivity index (χ1n) is 8.40. The predicted molar refractivity (Wildman–Crippen MR) is 104 cm³/mol. The van der Waals surface area contributed by atoms with Crippen molar-refractivity contribution in [1.82, 2.24) is 24.1 Å². The number of imidazole rings is 2. The Morgan fingerprint density at radius 1 is 1.27 bits per heavy atom. The van der Waals surface area contributed by atoms with Gasteiger partial charge in [-0.2, -0.15) is 0 Å². The van der Waals surface area contributed by atoms with E-state index < -0.39 is 0 Å². The SMILES string of the molecule is CCn1c(Cn2ccnc2)nc2ccc(C(C)=O)cc21.Cc1nccs1. The van der Waals surface area contributed by atoms with Crippen molar-refractivity contribution in [2.45, 2.75) is 33.9 Å². The van der Waals surface area contributed by atoms with Gasteiger partial charge in [0.2, 0.25) is 0 Å². The van der Waals surface area contributed by atoms with Gasteiger partial charge < -0.3 is 9.13 Å². The van der Waals surface area contributed by atoms with E-state index in [1.54, 1.807) is 37.0 Å². The molecule has 0 atom stereocenters. The van der Waals surface area contributed by atoms with Gasteiger partial charge in [-0.1, -0.05) is 0 Å². The van der Waals surface area contributed by atoms with Crippen LogP contribution in [0.2, 0.25) is 0 Å². The molecular weight excluding hydrogens is 346 g/mol. The maximum atomic E-state index is 11.5. The molecule has 1 aromatic carbocycles. The minimum absolute atomic E-state index is 0.0758. The summed E-state index contributed by atoms with van der Waals surface area (Å²) in [7, 11) is 0. The minimum atomic E-state index is 0.0758. The summed E-state index contributed by atoms with van der Waals surface area (Å²) in [5, 5.41) is 3.10. The molecule has 4 rings (SSSR count). The monoisotopic (exact) mass is 367 g/mol. The van der Waals surface area contributed by atoms with E-state index in [0.717, 1.165) is 34.0 Å². The molecule has 0 aliphatic rings. The first-order chi connectivity index (χ1) is 12.6. The Bertz CT molecular complexity index is 987. The normalized spacial score (nSPS) is 10.6. The molecular formula is C19H21N5OS. The molecule has 0 saturated carbocycles. The first-order valence-corrected chi connectivity index (χ1v) is 9.28. The van der Waals surface area contributed by atoms with Crippen LogP contribution in [0, 0.1) is 6.92 Å². The number of Topliss-reactive ketones (excluding diaryl/α,β-unsaturated/α-hetero) is 1. The van der Waals surface area contributed by atoms with E-state index in [1.165, 1.54) is 0 Å². The number of carbonyl (C=O) groups excluding carboxylic acids is 1. The molecule has 134 valence electrons. The van der Waals surface area contributed by atoms with Crippen LogP contribution in [-0.4, -0.2) is 29.9 Å². The van der Waals surface area contributed by atoms with E-state index in [0.29, 0.717) is 6.54 Å². The molecule has 0 spiro atoms. The second kappa shape index (κ2) is 8.05. The van der Waals surface area contributed by atoms with Gasteiger partial charge in [-0.25, -0.2) is 9.97 Å². The van der Waals surface area contributed by atoms with Crippen LogP contribution in [0.5, 0.6) is 0 Å². The smallest absolute Gasteiger partial charge is 0.159 e. The van der Waals surface area contributed by atoms with Gasteiger partial charge in [-0.05, 0) is 39.0 Å². The van der Waals surface area contributed by atoms with E-state index in [2.05, 4.69) is 26.4 Å². The van der Waals surface area contributed by atoms with Gasteiger partial charge >= 0.3 is 0 Å². The van der Waals surface area contributed by atoms with E-state index in [-0.39, 0.29) is 5.78 Å². The van der Waals surface area contributed by atoms with Gasteiger partial charge in [-0.3, -0.25) is 9.78 Å². The van der Waals surface area contributed by atoms with Crippen molar-refractivity contribution in [2.75, 3.05) is 0 Å². The van der Waals surface area contributed by atoms with Gasteiger partial charge in [-0.15, -0.1) is 11.3 Å². The third-order valence-electron chi connectivity index (χ3n) is 3.99. The molecule has 4 aromatic rings. The summed E-state index contributed by atoms with van der Waals surface area (Å²) in [6.07, 6.45) is 7.26. The average molecular weight is 367 g/mol. The fraction of sp³-hybridized carbons (Fsp3) is 0.263. The van der Waals surface area contributed by atoms with E-state index in [9.17, 15) is 4.79 Å². The molecule has 6 nitrogen and oxygen atoms in total. The molecule has 0 unspecified atom stereocenters. The van der Waals surface area contributed by atoms with Crippen LogP contribution in [-0.2, 0) is 13.1 Å². The van der Waals surface area contributed by atoms with Crippen molar-refractivity contribution in [3.05, 3.63) is 64.9 Å². The molecule has 7 heteroatoms. The Labute approximate surface area is 156 Å². The van der Waals surface area contributed by atoms with Gasteiger partial charge in [0.05, 0.1) is 28.9 Å². The van der Waals surface area contributed by atoms with E-state index in [1.807, 2.05) is 41.3 Å². The number of carbonyl (C=O) groups is 1. The van der Waals surface area contributed by atoms with Crippen LogP contribution in [0.15, 0.2) is 48.5 Å². The minimum Gasteiger partial charge on any atom is -0.330 e. The zero-order chi connectivity index (χ0) is 18.5. The van der Waals surface area contributed by atoms with Crippen molar-refractivity contribution >= 4 is 28.2 Å². The highest BCUT2D eigenvalue weighted by molar-refractivity contribution is 7.09. The van der Waals surface area contributed by atoms with Gasteiger partial charge in [0.1, 0.15) is 5.82 Å². The lowest BCUT2D eigenvalue weighted by Crippen LogP contribution is -2.06. The predicted octanol–water partition coefficient (Wildman–Crippen LogP) is 3.96. The zero-order valence-electron chi connectivity index (χ0n) is 15.1. The fourth-order valence-corrected chi connectivity index (χ4v) is 3.14. The lowest BCUT2D eigenvalue weighted by Gasteiger charge is -2.06. The Balaban J connectivity index is 0.000000278. The molecule has 0 amide bonds. The quantitative estimate of drug-likeness (QED) is 0.512. The van der Waals surface area contributed by atoms with Crippen LogP contribution < -0.4 is 0 Å². The molecule has 3 aromatic heterocycles. The van der Waals surface area contributed by atoms with Crippen LogP contribution in [0.4, 0.5) is 0 Å². The Kier molecular flexibility index (Phi) is 5.58. The van der Waals surface area contributed by atoms with E-state index in [4.69, 9.17) is 0 Å². The largest absolute Gasteiger partial charge is 0.330 e. The van der Waals surface area contributed by atoms with Gasteiger partial charge in [0.25, 0.3) is 0 Å². The molecule has 0 N–H and O–H groups in total. The third-order valence-corrected chi connectivity index (χ3v) is 4.69. The van der Waals surface area contributed by atoms with Crippen molar-refractivity contribution in [3.8, 4) is 0 Å². The number of nitrogens with zero attached hydrogens (tertiary/aromatic N) is 5. The Morgan fingerprint density at radius 3 is 2.65 bits per heavy atom. The zero-order valence-corrected chi connectivity index (χ0v) is 15.9. The summed E-state index contributed by atoms with van der Waals surface area (Å²) >= 11 is 1.67. The fourth-order valence-electron chi connectivity index (χ4n) is 2.70. The Morgan fingerprint density at radius 2 is 2.12 bits per heavy atom. The summed E-state index contributed by atoms with van der Waals surface area (Å²) in [5.74, 6) is 1.05. The van der Waals surface area contributed by atoms with Gasteiger partial charge in [0, 0.05) is 36.1 Å². The van der Waals surface area contributed by atoms with Gasteiger partial charge in [0.15, 0.2) is 5.78 Å². The summed E-state index contributed by atoms with van der Waals surface area (Å²) in [6, 6.07) is 5.67. The third kappa shape index (κ3) is 4.05. The number of benzene rings is 1. The molecule has 0 saturated heterocycles. The average Bonchev–Trinajstić information content (AvgIpc) is 3.36. The summed E-state index contributed by atoms with van der Waals surface area (Å²) in [6.45, 7) is 7.16. The molecule has 26 heavy (non-hydrogen) atoms. The van der Waals surface area contributed by atoms with Crippen LogP contribution in [0.3, 0.4) is 0 Å². The highest BCUT2D eigenvalue weighted by Gasteiger charge is 2.11. The molecule has 3 heterocycles. The number of thiazole rings is 1. The van der Waals surface area contributed by atoms with Crippen molar-refractivity contribution in [2.24, 2.45) is 0 Å². The summed E-state index contributed by atoms with van der Waals surface area (Å²) < 4.78 is 4.13. The number of hydrogen-bond acceptors (Lipinski definition) is 5. The maximum Gasteiger partial charge on any atom is 0.159 e. The maximum absolute atomic E-state index is 11.5. The summed E-state index contributed by atoms with van der Waals surface area (Å²) in [4.78, 5) is 24.2. The lowest BCUT2D eigenvalue weighted by molar-refractivity contribution is 0.101.